The summed E-state index contributed by atoms with van der Waals surface area (Å²) in [5, 5.41) is 10.1. The fourth-order valence-electron chi connectivity index (χ4n) is 1.95. The highest BCUT2D eigenvalue weighted by Gasteiger charge is 2.23. The van der Waals surface area contributed by atoms with Gasteiger partial charge in [-0.1, -0.05) is 11.6 Å². The second-order valence-electron chi connectivity index (χ2n) is 4.18. The number of rotatable bonds is 1. The van der Waals surface area contributed by atoms with Crippen LogP contribution in [0.1, 0.15) is 23.2 Å². The van der Waals surface area contributed by atoms with Crippen molar-refractivity contribution in [2.45, 2.75) is 18.9 Å². The standard InChI is InChI=1S/C12H13BrClNO2/c13-10-6-8(3-4-11(10)14)12(17)15-5-1-2-9(16)7-15/h3-4,6,9,16H,1-2,5,7H2. The summed E-state index contributed by atoms with van der Waals surface area (Å²) in [5.74, 6) is -0.0545. The number of hydrogen-bond donors (Lipinski definition) is 1. The lowest BCUT2D eigenvalue weighted by Gasteiger charge is -2.30. The minimum atomic E-state index is -0.400. The lowest BCUT2D eigenvalue weighted by molar-refractivity contribution is 0.0473. The maximum Gasteiger partial charge on any atom is 0.253 e. The molecular formula is C12H13BrClNO2. The van der Waals surface area contributed by atoms with Gasteiger partial charge in [-0.3, -0.25) is 4.79 Å². The molecule has 3 nitrogen and oxygen atoms in total. The van der Waals surface area contributed by atoms with Crippen molar-refractivity contribution in [1.82, 2.24) is 4.90 Å². The van der Waals surface area contributed by atoms with Crippen molar-refractivity contribution in [2.24, 2.45) is 0 Å². The van der Waals surface area contributed by atoms with E-state index in [4.69, 9.17) is 11.6 Å². The average molecular weight is 319 g/mol. The lowest BCUT2D eigenvalue weighted by atomic mass is 10.1. The van der Waals surface area contributed by atoms with Crippen LogP contribution in [0.5, 0.6) is 0 Å². The molecule has 1 aromatic carbocycles. The van der Waals surface area contributed by atoms with Gasteiger partial charge in [0.2, 0.25) is 0 Å². The first-order chi connectivity index (χ1) is 8.08. The average Bonchev–Trinajstić information content (AvgIpc) is 2.32. The molecule has 92 valence electrons. The molecule has 1 atom stereocenters. The summed E-state index contributed by atoms with van der Waals surface area (Å²) in [7, 11) is 0. The molecule has 1 N–H and O–H groups in total. The van der Waals surface area contributed by atoms with E-state index in [0.717, 1.165) is 12.8 Å². The van der Waals surface area contributed by atoms with Crippen molar-refractivity contribution >= 4 is 33.4 Å². The van der Waals surface area contributed by atoms with Crippen molar-refractivity contribution in [1.29, 1.82) is 0 Å². The highest BCUT2D eigenvalue weighted by atomic mass is 79.9. The summed E-state index contributed by atoms with van der Waals surface area (Å²) in [4.78, 5) is 13.8. The van der Waals surface area contributed by atoms with Gasteiger partial charge in [0, 0.05) is 23.1 Å². The predicted octanol–water partition coefficient (Wildman–Crippen LogP) is 2.70. The third-order valence-electron chi connectivity index (χ3n) is 2.85. The number of likely N-dealkylation sites (tertiary alicyclic amines) is 1. The van der Waals surface area contributed by atoms with Gasteiger partial charge in [0.15, 0.2) is 0 Å². The second-order valence-corrected chi connectivity index (χ2v) is 5.44. The van der Waals surface area contributed by atoms with Crippen LogP contribution >= 0.6 is 27.5 Å². The molecule has 5 heteroatoms. The third kappa shape index (κ3) is 3.00. The van der Waals surface area contributed by atoms with Gasteiger partial charge in [0.05, 0.1) is 11.1 Å². The summed E-state index contributed by atoms with van der Waals surface area (Å²) < 4.78 is 0.711. The molecule has 1 fully saturated rings. The molecule has 0 bridgehead atoms. The van der Waals surface area contributed by atoms with E-state index in [-0.39, 0.29) is 5.91 Å². The van der Waals surface area contributed by atoms with Crippen LogP contribution in [-0.2, 0) is 0 Å². The van der Waals surface area contributed by atoms with Crippen molar-refractivity contribution in [2.75, 3.05) is 13.1 Å². The lowest BCUT2D eigenvalue weighted by Crippen LogP contribution is -2.42. The maximum absolute atomic E-state index is 12.2. The smallest absolute Gasteiger partial charge is 0.253 e. The zero-order chi connectivity index (χ0) is 12.4. The molecule has 0 saturated carbocycles. The molecule has 1 amide bonds. The van der Waals surface area contributed by atoms with Crippen LogP contribution in [0, 0.1) is 0 Å². The van der Waals surface area contributed by atoms with E-state index >= 15 is 0 Å². The van der Waals surface area contributed by atoms with E-state index in [1.807, 2.05) is 0 Å². The van der Waals surface area contributed by atoms with Crippen molar-refractivity contribution < 1.29 is 9.90 Å². The Morgan fingerprint density at radius 2 is 2.29 bits per heavy atom. The van der Waals surface area contributed by atoms with Gasteiger partial charge in [0.25, 0.3) is 5.91 Å². The number of β-amino-alcohol motifs (C(OH)–C–C–N with tert-alkyl or cyclic N) is 1. The summed E-state index contributed by atoms with van der Waals surface area (Å²) in [6.45, 7) is 1.12. The topological polar surface area (TPSA) is 40.5 Å². The molecule has 0 spiro atoms. The Morgan fingerprint density at radius 3 is 2.94 bits per heavy atom. The van der Waals surface area contributed by atoms with E-state index in [1.54, 1.807) is 23.1 Å². The Bertz CT molecular complexity index is 439. The second kappa shape index (κ2) is 5.38. The number of carbonyl (C=O) groups excluding carboxylic acids is 1. The van der Waals surface area contributed by atoms with E-state index in [9.17, 15) is 9.90 Å². The van der Waals surface area contributed by atoms with Crippen LogP contribution in [0.25, 0.3) is 0 Å². The first-order valence-corrected chi connectivity index (χ1v) is 6.67. The van der Waals surface area contributed by atoms with Gasteiger partial charge >= 0.3 is 0 Å². The molecule has 0 radical (unpaired) electrons. The van der Waals surface area contributed by atoms with Crippen LogP contribution in [0.15, 0.2) is 22.7 Å². The molecule has 1 unspecified atom stereocenters. The van der Waals surface area contributed by atoms with E-state index in [2.05, 4.69) is 15.9 Å². The van der Waals surface area contributed by atoms with Crippen LogP contribution < -0.4 is 0 Å². The molecule has 1 aliphatic heterocycles. The van der Waals surface area contributed by atoms with Gasteiger partial charge in [0.1, 0.15) is 0 Å². The van der Waals surface area contributed by atoms with Crippen molar-refractivity contribution in [3.63, 3.8) is 0 Å². The molecule has 17 heavy (non-hydrogen) atoms. The number of nitrogens with zero attached hydrogens (tertiary/aromatic N) is 1. The van der Waals surface area contributed by atoms with Gasteiger partial charge in [-0.15, -0.1) is 0 Å². The summed E-state index contributed by atoms with van der Waals surface area (Å²) >= 11 is 9.18. The van der Waals surface area contributed by atoms with Crippen LogP contribution in [0.4, 0.5) is 0 Å². The van der Waals surface area contributed by atoms with Crippen LogP contribution in [-0.4, -0.2) is 35.1 Å². The molecule has 1 aliphatic rings. The monoisotopic (exact) mass is 317 g/mol. The highest BCUT2D eigenvalue weighted by Crippen LogP contribution is 2.24. The Morgan fingerprint density at radius 1 is 1.53 bits per heavy atom. The van der Waals surface area contributed by atoms with Crippen molar-refractivity contribution in [3.05, 3.63) is 33.3 Å². The van der Waals surface area contributed by atoms with Crippen molar-refractivity contribution in [3.8, 4) is 0 Å². The maximum atomic E-state index is 12.2. The molecule has 2 rings (SSSR count). The zero-order valence-corrected chi connectivity index (χ0v) is 11.5. The first-order valence-electron chi connectivity index (χ1n) is 5.50. The van der Waals surface area contributed by atoms with E-state index < -0.39 is 6.10 Å². The fourth-order valence-corrected chi connectivity index (χ4v) is 2.45. The normalized spacial score (nSPS) is 20.4. The summed E-state index contributed by atoms with van der Waals surface area (Å²) in [6.07, 6.45) is 1.22. The largest absolute Gasteiger partial charge is 0.391 e. The molecule has 1 aromatic rings. The Labute approximate surface area is 114 Å². The zero-order valence-electron chi connectivity index (χ0n) is 9.20. The third-order valence-corrected chi connectivity index (χ3v) is 4.06. The predicted molar refractivity (Wildman–Crippen MR) is 70.3 cm³/mol. The number of halogens is 2. The molecule has 0 aromatic heterocycles. The number of piperidine rings is 1. The highest BCUT2D eigenvalue weighted by molar-refractivity contribution is 9.10. The number of aliphatic hydroxyl groups is 1. The summed E-state index contributed by atoms with van der Waals surface area (Å²) in [6, 6.07) is 5.11. The van der Waals surface area contributed by atoms with Gasteiger partial charge in [-0.25, -0.2) is 0 Å². The van der Waals surface area contributed by atoms with E-state index in [0.29, 0.717) is 28.1 Å². The SMILES string of the molecule is O=C(c1ccc(Cl)c(Br)c1)N1CCCC(O)C1. The fraction of sp³-hybridized carbons (Fsp3) is 0.417. The molecule has 1 saturated heterocycles. The number of carbonyl (C=O) groups is 1. The van der Waals surface area contributed by atoms with Crippen LogP contribution in [0.3, 0.4) is 0 Å². The number of amides is 1. The number of benzene rings is 1. The number of aliphatic hydroxyl groups excluding tert-OH is 1. The minimum absolute atomic E-state index is 0.0545. The minimum Gasteiger partial charge on any atom is -0.391 e. The quantitative estimate of drug-likeness (QED) is 0.865. The van der Waals surface area contributed by atoms with Gasteiger partial charge in [-0.2, -0.15) is 0 Å². The Hall–Kier alpha value is -0.580. The molecule has 1 heterocycles. The summed E-state index contributed by atoms with van der Waals surface area (Å²) in [5.41, 5.74) is 0.593. The van der Waals surface area contributed by atoms with E-state index in [1.165, 1.54) is 0 Å². The van der Waals surface area contributed by atoms with Gasteiger partial charge in [-0.05, 0) is 47.0 Å². The number of hydrogen-bond acceptors (Lipinski definition) is 2. The molecule has 0 aliphatic carbocycles. The van der Waals surface area contributed by atoms with Gasteiger partial charge < -0.3 is 10.0 Å². The van der Waals surface area contributed by atoms with Crippen LogP contribution in [0.2, 0.25) is 5.02 Å². The Balaban J connectivity index is 2.15. The Kier molecular flexibility index (Phi) is 4.07. The first kappa shape index (κ1) is 12.9. The molecular weight excluding hydrogens is 305 g/mol.